The lowest BCUT2D eigenvalue weighted by Gasteiger charge is -2.15. The number of carbonyl (C=O) groups is 3. The number of hydrogen-bond donors (Lipinski definition) is 1. The molecule has 0 fully saturated rings. The van der Waals surface area contributed by atoms with E-state index in [1.54, 1.807) is 37.4 Å². The van der Waals surface area contributed by atoms with Crippen molar-refractivity contribution in [3.8, 4) is 0 Å². The average molecular weight is 419 g/mol. The summed E-state index contributed by atoms with van der Waals surface area (Å²) in [6.07, 6.45) is 3.62. The van der Waals surface area contributed by atoms with Crippen molar-refractivity contribution in [1.29, 1.82) is 0 Å². The van der Waals surface area contributed by atoms with Crippen LogP contribution in [0.3, 0.4) is 0 Å². The van der Waals surface area contributed by atoms with Gasteiger partial charge in [-0.15, -0.1) is 10.2 Å². The monoisotopic (exact) mass is 419 g/mol. The van der Waals surface area contributed by atoms with Crippen LogP contribution in [0.5, 0.6) is 0 Å². The molecule has 160 valence electrons. The highest BCUT2D eigenvalue weighted by atomic mass is 16.2. The van der Waals surface area contributed by atoms with Crippen molar-refractivity contribution in [3.63, 3.8) is 0 Å². The molecule has 1 N–H and O–H groups in total. The van der Waals surface area contributed by atoms with Crippen molar-refractivity contribution in [3.05, 3.63) is 58.3 Å². The summed E-state index contributed by atoms with van der Waals surface area (Å²) in [7, 11) is 1.44. The Labute approximate surface area is 181 Å². The molecule has 1 aliphatic rings. The molecule has 0 aliphatic carbocycles. The standard InChI is InChI=1S/C23H25N5O3/c1-6-15(12-24-7-2)18-8-9-19(27-26-18)25-21(29)14(4)16-10-13(3)11-17-20(16)23(31)28(5)22(17)30/h6,8-12,14H,7H2,1-5H3,(H,25,27,29)/b15-6+,24-12?. The number of carbonyl (C=O) groups excluding carboxylic acids is 3. The number of benzene rings is 1. The molecule has 2 aromatic rings. The Morgan fingerprint density at radius 1 is 1.23 bits per heavy atom. The van der Waals surface area contributed by atoms with E-state index < -0.39 is 11.8 Å². The van der Waals surface area contributed by atoms with Gasteiger partial charge in [-0.25, -0.2) is 0 Å². The first-order chi connectivity index (χ1) is 14.8. The van der Waals surface area contributed by atoms with Gasteiger partial charge in [-0.2, -0.15) is 0 Å². The number of anilines is 1. The lowest BCUT2D eigenvalue weighted by atomic mass is 9.90. The number of nitrogens with zero attached hydrogens (tertiary/aromatic N) is 4. The first-order valence-corrected chi connectivity index (χ1v) is 10.1. The van der Waals surface area contributed by atoms with Crippen molar-refractivity contribution in [2.75, 3.05) is 18.9 Å². The van der Waals surface area contributed by atoms with Crippen molar-refractivity contribution in [2.45, 2.75) is 33.6 Å². The Balaban J connectivity index is 1.83. The third-order valence-electron chi connectivity index (χ3n) is 5.16. The summed E-state index contributed by atoms with van der Waals surface area (Å²) in [4.78, 5) is 43.1. The summed E-state index contributed by atoms with van der Waals surface area (Å²) in [6, 6.07) is 6.87. The maximum atomic E-state index is 12.9. The number of aromatic nitrogens is 2. The number of allylic oxidation sites excluding steroid dienone is 2. The molecule has 1 aromatic heterocycles. The van der Waals surface area contributed by atoms with Crippen LogP contribution in [0, 0.1) is 6.92 Å². The van der Waals surface area contributed by atoms with Gasteiger partial charge in [-0.05, 0) is 57.0 Å². The van der Waals surface area contributed by atoms with Crippen LogP contribution in [0.1, 0.15) is 64.2 Å². The van der Waals surface area contributed by atoms with Crippen LogP contribution in [-0.2, 0) is 4.79 Å². The highest BCUT2D eigenvalue weighted by molar-refractivity contribution is 6.22. The van der Waals surface area contributed by atoms with E-state index in [2.05, 4.69) is 20.5 Å². The Bertz CT molecular complexity index is 1100. The summed E-state index contributed by atoms with van der Waals surface area (Å²) in [6.45, 7) is 8.03. The van der Waals surface area contributed by atoms with Crippen molar-refractivity contribution in [2.24, 2.45) is 4.99 Å². The molecule has 2 heterocycles. The topological polar surface area (TPSA) is 105 Å². The zero-order chi connectivity index (χ0) is 22.7. The molecular formula is C23H25N5O3. The number of nitrogens with one attached hydrogen (secondary N) is 1. The molecule has 1 unspecified atom stereocenters. The van der Waals surface area contributed by atoms with Gasteiger partial charge in [0.25, 0.3) is 11.8 Å². The van der Waals surface area contributed by atoms with Gasteiger partial charge >= 0.3 is 0 Å². The third kappa shape index (κ3) is 4.28. The minimum absolute atomic E-state index is 0.287. The fraction of sp³-hybridized carbons (Fsp3) is 0.304. The molecular weight excluding hydrogens is 394 g/mol. The predicted molar refractivity (Wildman–Crippen MR) is 119 cm³/mol. The third-order valence-corrected chi connectivity index (χ3v) is 5.16. The average Bonchev–Trinajstić information content (AvgIpc) is 2.98. The second-order valence-electron chi connectivity index (χ2n) is 7.33. The maximum absolute atomic E-state index is 12.9. The largest absolute Gasteiger partial charge is 0.309 e. The Morgan fingerprint density at radius 2 is 1.97 bits per heavy atom. The number of imide groups is 1. The van der Waals surface area contributed by atoms with Crippen molar-refractivity contribution < 1.29 is 14.4 Å². The molecule has 8 nitrogen and oxygen atoms in total. The lowest BCUT2D eigenvalue weighted by molar-refractivity contribution is -0.117. The molecule has 0 spiro atoms. The second kappa shape index (κ2) is 8.99. The summed E-state index contributed by atoms with van der Waals surface area (Å²) in [5.74, 6) is -1.46. The number of aliphatic imine (C=N–C) groups is 1. The van der Waals surface area contributed by atoms with Gasteiger partial charge in [0.1, 0.15) is 0 Å². The quantitative estimate of drug-likeness (QED) is 0.572. The zero-order valence-corrected chi connectivity index (χ0v) is 18.3. The summed E-state index contributed by atoms with van der Waals surface area (Å²) >= 11 is 0. The van der Waals surface area contributed by atoms with Gasteiger partial charge in [0.15, 0.2) is 5.82 Å². The molecule has 1 aromatic carbocycles. The highest BCUT2D eigenvalue weighted by Crippen LogP contribution is 2.31. The number of aryl methyl sites for hydroxylation is 1. The lowest BCUT2D eigenvalue weighted by Crippen LogP contribution is -2.25. The van der Waals surface area contributed by atoms with E-state index in [0.717, 1.165) is 16.0 Å². The van der Waals surface area contributed by atoms with Crippen LogP contribution in [0.15, 0.2) is 35.3 Å². The molecule has 1 atom stereocenters. The van der Waals surface area contributed by atoms with Gasteiger partial charge in [0.05, 0.1) is 22.7 Å². The first-order valence-electron chi connectivity index (χ1n) is 10.1. The number of fused-ring (bicyclic) bond motifs is 1. The zero-order valence-electron chi connectivity index (χ0n) is 18.3. The van der Waals surface area contributed by atoms with Crippen molar-refractivity contribution >= 4 is 35.3 Å². The maximum Gasteiger partial charge on any atom is 0.261 e. The van der Waals surface area contributed by atoms with Crippen LogP contribution in [0.4, 0.5) is 5.82 Å². The number of rotatable bonds is 6. The van der Waals surface area contributed by atoms with Crippen LogP contribution in [0.25, 0.3) is 5.57 Å². The molecule has 3 rings (SSSR count). The van der Waals surface area contributed by atoms with Crippen LogP contribution in [-0.4, -0.2) is 52.6 Å². The molecule has 0 bridgehead atoms. The van der Waals surface area contributed by atoms with E-state index in [4.69, 9.17) is 0 Å². The molecule has 1 aliphatic heterocycles. The number of hydrogen-bond acceptors (Lipinski definition) is 6. The van der Waals surface area contributed by atoms with Crippen LogP contribution in [0.2, 0.25) is 0 Å². The SMILES string of the molecule is C/C=C(\C=NCC)c1ccc(NC(=O)C(C)c2cc(C)cc3c2C(=O)N(C)C3=O)nn1. The van der Waals surface area contributed by atoms with Gasteiger partial charge in [0.2, 0.25) is 5.91 Å². The minimum atomic E-state index is -0.666. The van der Waals surface area contributed by atoms with Crippen LogP contribution >= 0.6 is 0 Å². The van der Waals surface area contributed by atoms with Crippen molar-refractivity contribution in [1.82, 2.24) is 15.1 Å². The van der Waals surface area contributed by atoms with E-state index in [1.165, 1.54) is 7.05 Å². The molecule has 3 amide bonds. The second-order valence-corrected chi connectivity index (χ2v) is 7.33. The minimum Gasteiger partial charge on any atom is -0.309 e. The predicted octanol–water partition coefficient (Wildman–Crippen LogP) is 3.25. The smallest absolute Gasteiger partial charge is 0.261 e. The van der Waals surface area contributed by atoms with E-state index in [9.17, 15) is 14.4 Å². The molecule has 0 saturated heterocycles. The number of amides is 3. The van der Waals surface area contributed by atoms with E-state index in [1.807, 2.05) is 26.8 Å². The molecule has 0 saturated carbocycles. The fourth-order valence-corrected chi connectivity index (χ4v) is 3.41. The Hall–Kier alpha value is -3.68. The Morgan fingerprint density at radius 3 is 2.58 bits per heavy atom. The van der Waals surface area contributed by atoms with Gasteiger partial charge in [0, 0.05) is 25.4 Å². The van der Waals surface area contributed by atoms with Gasteiger partial charge in [-0.3, -0.25) is 24.3 Å². The summed E-state index contributed by atoms with van der Waals surface area (Å²) in [5, 5.41) is 11.0. The van der Waals surface area contributed by atoms with Gasteiger partial charge < -0.3 is 5.32 Å². The highest BCUT2D eigenvalue weighted by Gasteiger charge is 2.37. The van der Waals surface area contributed by atoms with Crippen LogP contribution < -0.4 is 5.32 Å². The molecule has 8 heteroatoms. The normalized spacial score (nSPS) is 14.9. The fourth-order valence-electron chi connectivity index (χ4n) is 3.41. The Kier molecular flexibility index (Phi) is 6.39. The van der Waals surface area contributed by atoms with E-state index >= 15 is 0 Å². The van der Waals surface area contributed by atoms with E-state index in [-0.39, 0.29) is 17.4 Å². The first kappa shape index (κ1) is 22.0. The summed E-state index contributed by atoms with van der Waals surface area (Å²) < 4.78 is 0. The summed E-state index contributed by atoms with van der Waals surface area (Å²) in [5.41, 5.74) is 3.43. The molecule has 0 radical (unpaired) electrons. The van der Waals surface area contributed by atoms with Gasteiger partial charge in [-0.1, -0.05) is 12.1 Å². The van der Waals surface area contributed by atoms with E-state index in [0.29, 0.717) is 29.2 Å². The molecule has 31 heavy (non-hydrogen) atoms.